The molecule has 0 saturated heterocycles. The summed E-state index contributed by atoms with van der Waals surface area (Å²) >= 11 is 0. The fourth-order valence-electron chi connectivity index (χ4n) is 1.99. The Morgan fingerprint density at radius 2 is 1.50 bits per heavy atom. The topological polar surface area (TPSA) is 60.4 Å². The molecule has 2 rings (SSSR count). The Kier molecular flexibility index (Phi) is 6.02. The number of rotatable bonds is 3. The number of hydrogen-bond donors (Lipinski definition) is 0. The molecule has 22 heavy (non-hydrogen) atoms. The zero-order chi connectivity index (χ0) is 16.9. The molecular weight excluding hydrogens is 300 g/mol. The number of allylic oxidation sites excluding steroid dienone is 1. The molecular formula is C17H20O4S. The lowest BCUT2D eigenvalue weighted by molar-refractivity contribution is 0.101. The van der Waals surface area contributed by atoms with Gasteiger partial charge in [-0.15, -0.1) is 0 Å². The molecule has 0 aliphatic heterocycles. The first-order valence-corrected chi connectivity index (χ1v) is 8.43. The first kappa shape index (κ1) is 18.1. The molecule has 0 bridgehead atoms. The number of Topliss-reactive ketones (excluding diaryl/α,β-unsaturated/α-hetero) is 1. The van der Waals surface area contributed by atoms with Crippen LogP contribution in [0.4, 0.5) is 0 Å². The number of carbonyl (C=O) groups is 1. The van der Waals surface area contributed by atoms with Crippen LogP contribution in [0.1, 0.15) is 29.8 Å². The van der Waals surface area contributed by atoms with E-state index in [9.17, 15) is 13.2 Å². The Bertz CT molecular complexity index is 756. The number of carbonyl (C=O) groups excluding carboxylic acids is 1. The molecule has 0 fully saturated rings. The Morgan fingerprint density at radius 3 is 1.86 bits per heavy atom. The molecule has 0 aliphatic rings. The highest BCUT2D eigenvalue weighted by molar-refractivity contribution is 7.85. The molecule has 118 valence electrons. The smallest absolute Gasteiger partial charge is 0.264 e. The molecule has 2 aromatic carbocycles. The summed E-state index contributed by atoms with van der Waals surface area (Å²) in [5.41, 5.74) is 2.82. The molecule has 0 aliphatic carbocycles. The van der Waals surface area contributed by atoms with Crippen molar-refractivity contribution in [2.75, 3.05) is 13.4 Å². The molecule has 0 unspecified atom stereocenters. The third-order valence-electron chi connectivity index (χ3n) is 3.05. The normalized spacial score (nSPS) is 10.7. The van der Waals surface area contributed by atoms with E-state index in [4.69, 9.17) is 0 Å². The average Bonchev–Trinajstić information content (AvgIpc) is 2.45. The van der Waals surface area contributed by atoms with Crippen LogP contribution in [0.25, 0.3) is 16.3 Å². The monoisotopic (exact) mass is 320 g/mol. The summed E-state index contributed by atoms with van der Waals surface area (Å²) in [6.45, 7) is 7.53. The van der Waals surface area contributed by atoms with Crippen LogP contribution >= 0.6 is 0 Å². The third-order valence-corrected chi connectivity index (χ3v) is 3.65. The largest absolute Gasteiger partial charge is 0.294 e. The van der Waals surface area contributed by atoms with Crippen molar-refractivity contribution in [1.82, 2.24) is 0 Å². The van der Waals surface area contributed by atoms with Crippen molar-refractivity contribution in [2.45, 2.75) is 13.8 Å². The van der Waals surface area contributed by atoms with Gasteiger partial charge in [0.2, 0.25) is 0 Å². The Hall–Kier alpha value is -1.98. The molecule has 2 aromatic rings. The molecule has 0 radical (unpaired) electrons. The molecule has 5 heteroatoms. The lowest BCUT2D eigenvalue weighted by Gasteiger charge is -2.09. The standard InChI is InChI=1S/C15H14O.C2H6O3S/c1-10(2)13-8-4-6-12-7-5-9-14(11(3)16)15(12)13;1-5-6(2,3)4/h4-9H,1H2,2-3H3;1-2H3. The highest BCUT2D eigenvalue weighted by atomic mass is 32.2. The van der Waals surface area contributed by atoms with Crippen LogP contribution in [0.3, 0.4) is 0 Å². The second kappa shape index (κ2) is 7.33. The Morgan fingerprint density at radius 1 is 1.05 bits per heavy atom. The summed E-state index contributed by atoms with van der Waals surface area (Å²) in [5, 5.41) is 2.11. The van der Waals surface area contributed by atoms with Crippen molar-refractivity contribution >= 4 is 32.2 Å². The van der Waals surface area contributed by atoms with Gasteiger partial charge in [-0.05, 0) is 30.2 Å². The van der Waals surface area contributed by atoms with Gasteiger partial charge in [0.1, 0.15) is 0 Å². The second-order valence-corrected chi connectivity index (χ2v) is 6.66. The number of fused-ring (bicyclic) bond motifs is 1. The first-order chi connectivity index (χ1) is 10.2. The maximum absolute atomic E-state index is 11.6. The fourth-order valence-corrected chi connectivity index (χ4v) is 1.99. The lowest BCUT2D eigenvalue weighted by atomic mass is 9.94. The van der Waals surface area contributed by atoms with E-state index in [0.717, 1.165) is 40.8 Å². The third kappa shape index (κ3) is 4.79. The summed E-state index contributed by atoms with van der Waals surface area (Å²) < 4.78 is 23.5. The summed E-state index contributed by atoms with van der Waals surface area (Å²) in [5.74, 6) is 0.0966. The average molecular weight is 320 g/mol. The molecule has 0 heterocycles. The summed E-state index contributed by atoms with van der Waals surface area (Å²) in [6.07, 6.45) is 0.993. The van der Waals surface area contributed by atoms with Crippen LogP contribution in [0.2, 0.25) is 0 Å². The van der Waals surface area contributed by atoms with Gasteiger partial charge in [-0.3, -0.25) is 8.98 Å². The van der Waals surface area contributed by atoms with Gasteiger partial charge in [-0.25, -0.2) is 0 Å². The van der Waals surface area contributed by atoms with Gasteiger partial charge in [-0.1, -0.05) is 48.6 Å². The van der Waals surface area contributed by atoms with Gasteiger partial charge >= 0.3 is 0 Å². The SMILES string of the molecule is C=C(C)c1cccc2cccc(C(C)=O)c12.COS(C)(=O)=O. The van der Waals surface area contributed by atoms with Crippen molar-refractivity contribution in [3.05, 3.63) is 54.1 Å². The van der Waals surface area contributed by atoms with Crippen LogP contribution < -0.4 is 0 Å². The van der Waals surface area contributed by atoms with E-state index < -0.39 is 10.1 Å². The van der Waals surface area contributed by atoms with E-state index >= 15 is 0 Å². The van der Waals surface area contributed by atoms with E-state index in [-0.39, 0.29) is 5.78 Å². The van der Waals surface area contributed by atoms with Crippen LogP contribution in [0.15, 0.2) is 43.0 Å². The zero-order valence-electron chi connectivity index (χ0n) is 13.2. The van der Waals surface area contributed by atoms with Crippen molar-refractivity contribution in [1.29, 1.82) is 0 Å². The van der Waals surface area contributed by atoms with Gasteiger partial charge in [0.05, 0.1) is 13.4 Å². The maximum atomic E-state index is 11.6. The molecule has 4 nitrogen and oxygen atoms in total. The van der Waals surface area contributed by atoms with Gasteiger partial charge in [-0.2, -0.15) is 8.42 Å². The van der Waals surface area contributed by atoms with E-state index in [0.29, 0.717) is 0 Å². The highest BCUT2D eigenvalue weighted by Gasteiger charge is 2.09. The van der Waals surface area contributed by atoms with E-state index in [1.165, 1.54) is 0 Å². The minimum atomic E-state index is -3.16. The van der Waals surface area contributed by atoms with Crippen LogP contribution in [0, 0.1) is 0 Å². The van der Waals surface area contributed by atoms with E-state index in [1.54, 1.807) is 6.92 Å². The van der Waals surface area contributed by atoms with Crippen molar-refractivity contribution < 1.29 is 17.4 Å². The van der Waals surface area contributed by atoms with Crippen LogP contribution in [-0.2, 0) is 14.3 Å². The molecule has 0 aromatic heterocycles. The van der Waals surface area contributed by atoms with Crippen molar-refractivity contribution in [3.8, 4) is 0 Å². The van der Waals surface area contributed by atoms with Crippen molar-refractivity contribution in [3.63, 3.8) is 0 Å². The number of ketones is 1. The van der Waals surface area contributed by atoms with E-state index in [1.807, 2.05) is 43.3 Å². The fraction of sp³-hybridized carbons (Fsp3) is 0.235. The van der Waals surface area contributed by atoms with Gasteiger partial charge in [0.25, 0.3) is 10.1 Å². The lowest BCUT2D eigenvalue weighted by Crippen LogP contribution is -1.95. The predicted octanol–water partition coefficient (Wildman–Crippen LogP) is 3.67. The van der Waals surface area contributed by atoms with Gasteiger partial charge in [0, 0.05) is 5.56 Å². The predicted molar refractivity (Wildman–Crippen MR) is 90.5 cm³/mol. The molecule has 0 N–H and O–H groups in total. The number of hydrogen-bond acceptors (Lipinski definition) is 4. The van der Waals surface area contributed by atoms with Gasteiger partial charge < -0.3 is 0 Å². The minimum absolute atomic E-state index is 0.0966. The van der Waals surface area contributed by atoms with Crippen LogP contribution in [0.5, 0.6) is 0 Å². The number of benzene rings is 2. The molecule has 0 spiro atoms. The van der Waals surface area contributed by atoms with E-state index in [2.05, 4.69) is 10.8 Å². The molecule has 0 saturated carbocycles. The first-order valence-electron chi connectivity index (χ1n) is 6.61. The minimum Gasteiger partial charge on any atom is -0.294 e. The summed E-state index contributed by atoms with van der Waals surface area (Å²) in [6, 6.07) is 11.8. The quantitative estimate of drug-likeness (QED) is 0.639. The Balaban J connectivity index is 0.000000346. The summed E-state index contributed by atoms with van der Waals surface area (Å²) in [4.78, 5) is 11.6. The van der Waals surface area contributed by atoms with Crippen LogP contribution in [-0.4, -0.2) is 27.6 Å². The maximum Gasteiger partial charge on any atom is 0.264 e. The molecule has 0 atom stereocenters. The second-order valence-electron chi connectivity index (χ2n) is 4.92. The molecule has 0 amide bonds. The Labute approximate surface area is 131 Å². The summed E-state index contributed by atoms with van der Waals surface area (Å²) in [7, 11) is -2.04. The van der Waals surface area contributed by atoms with Crippen molar-refractivity contribution in [2.24, 2.45) is 0 Å². The highest BCUT2D eigenvalue weighted by Crippen LogP contribution is 2.27. The van der Waals surface area contributed by atoms with Gasteiger partial charge in [0.15, 0.2) is 5.78 Å². The zero-order valence-corrected chi connectivity index (χ0v) is 14.0.